The summed E-state index contributed by atoms with van der Waals surface area (Å²) in [6.07, 6.45) is 0. The maximum atomic E-state index is 11.7. The summed E-state index contributed by atoms with van der Waals surface area (Å²) in [6, 6.07) is 0. The topological polar surface area (TPSA) is 71.4 Å². The van der Waals surface area contributed by atoms with E-state index in [-0.39, 0.29) is 38.5 Å². The first-order valence-electron chi connectivity index (χ1n) is 4.56. The molecule has 1 aromatic rings. The zero-order chi connectivity index (χ0) is 12.7. The van der Waals surface area contributed by atoms with Crippen molar-refractivity contribution >= 4 is 34.9 Å². The predicted molar refractivity (Wildman–Crippen MR) is 63.9 cm³/mol. The quantitative estimate of drug-likeness (QED) is 0.868. The molecule has 1 aliphatic rings. The lowest BCUT2D eigenvalue weighted by Gasteiger charge is -2.13. The molecule has 7 heteroatoms. The molecule has 1 aliphatic heterocycles. The minimum Gasteiger partial charge on any atom is -0.494 e. The van der Waals surface area contributed by atoms with Gasteiger partial charge in [0.25, 0.3) is 5.91 Å². The van der Waals surface area contributed by atoms with Crippen molar-refractivity contribution in [3.05, 3.63) is 21.2 Å². The molecule has 1 heterocycles. The predicted octanol–water partition coefficient (Wildman–Crippen LogP) is 2.08. The summed E-state index contributed by atoms with van der Waals surface area (Å²) in [6.45, 7) is 0. The number of halogens is 2. The molecule has 2 N–H and O–H groups in total. The van der Waals surface area contributed by atoms with Crippen LogP contribution >= 0.6 is 23.2 Å². The van der Waals surface area contributed by atoms with Crippen molar-refractivity contribution < 1.29 is 14.3 Å². The van der Waals surface area contributed by atoms with Gasteiger partial charge in [-0.3, -0.25) is 10.2 Å². The van der Waals surface area contributed by atoms with Gasteiger partial charge in [0.1, 0.15) is 10.9 Å². The molecule has 2 rings (SSSR count). The molecule has 90 valence electrons. The lowest BCUT2D eigenvalue weighted by atomic mass is 10.1. The van der Waals surface area contributed by atoms with E-state index in [4.69, 9.17) is 38.1 Å². The average Bonchev–Trinajstić information content (AvgIpc) is 2.56. The van der Waals surface area contributed by atoms with Crippen LogP contribution in [0, 0.1) is 5.41 Å². The van der Waals surface area contributed by atoms with E-state index in [9.17, 15) is 4.79 Å². The normalized spacial score (nSPS) is 13.4. The summed E-state index contributed by atoms with van der Waals surface area (Å²) in [5.41, 5.74) is 0.406. The summed E-state index contributed by atoms with van der Waals surface area (Å²) in [7, 11) is 2.78. The number of amides is 1. The van der Waals surface area contributed by atoms with E-state index >= 15 is 0 Å². The van der Waals surface area contributed by atoms with Crippen molar-refractivity contribution in [1.29, 1.82) is 5.41 Å². The first-order chi connectivity index (χ1) is 8.02. The number of carbonyl (C=O) groups excluding carboxylic acids is 1. The van der Waals surface area contributed by atoms with Gasteiger partial charge >= 0.3 is 0 Å². The van der Waals surface area contributed by atoms with Gasteiger partial charge in [-0.05, 0) is 0 Å². The Morgan fingerprint density at radius 1 is 1.06 bits per heavy atom. The molecule has 1 aromatic carbocycles. The molecule has 5 nitrogen and oxygen atoms in total. The number of nitrogens with one attached hydrogen (secondary N) is 2. The van der Waals surface area contributed by atoms with Crippen LogP contribution in [0.1, 0.15) is 15.9 Å². The largest absolute Gasteiger partial charge is 0.494 e. The molecule has 0 aromatic heterocycles. The summed E-state index contributed by atoms with van der Waals surface area (Å²) in [5, 5.41) is 10.2. The van der Waals surface area contributed by atoms with Gasteiger partial charge in [-0.1, -0.05) is 23.2 Å². The fourth-order valence-electron chi connectivity index (χ4n) is 1.71. The molecular weight excluding hydrogens is 267 g/mol. The Balaban J connectivity index is 2.89. The fraction of sp³-hybridized carbons (Fsp3) is 0.200. The number of amidine groups is 1. The van der Waals surface area contributed by atoms with Gasteiger partial charge in [-0.15, -0.1) is 0 Å². The van der Waals surface area contributed by atoms with E-state index in [1.807, 2.05) is 0 Å². The number of rotatable bonds is 2. The second kappa shape index (κ2) is 4.09. The SMILES string of the molecule is COc1c(Cl)c(OC)c2c(c1Cl)C(=O)NC2=N. The third-order valence-corrected chi connectivity index (χ3v) is 3.12. The fourth-order valence-corrected chi connectivity index (χ4v) is 2.45. The molecule has 0 bridgehead atoms. The third-order valence-electron chi connectivity index (χ3n) is 2.42. The van der Waals surface area contributed by atoms with E-state index in [2.05, 4.69) is 5.32 Å². The van der Waals surface area contributed by atoms with Crippen LogP contribution in [0.25, 0.3) is 0 Å². The highest BCUT2D eigenvalue weighted by Gasteiger charge is 2.35. The van der Waals surface area contributed by atoms with Crippen molar-refractivity contribution in [2.24, 2.45) is 0 Å². The van der Waals surface area contributed by atoms with Gasteiger partial charge in [-0.2, -0.15) is 0 Å². The molecule has 0 aliphatic carbocycles. The molecule has 0 radical (unpaired) electrons. The van der Waals surface area contributed by atoms with Crippen molar-refractivity contribution in [2.45, 2.75) is 0 Å². The highest BCUT2D eigenvalue weighted by molar-refractivity contribution is 6.43. The summed E-state index contributed by atoms with van der Waals surface area (Å²) in [4.78, 5) is 11.7. The summed E-state index contributed by atoms with van der Waals surface area (Å²) >= 11 is 12.1. The molecule has 0 fully saturated rings. The Kier molecular flexibility index (Phi) is 2.89. The molecule has 17 heavy (non-hydrogen) atoms. The number of methoxy groups -OCH3 is 2. The van der Waals surface area contributed by atoms with E-state index in [1.165, 1.54) is 14.2 Å². The van der Waals surface area contributed by atoms with Crippen LogP contribution in [0.5, 0.6) is 11.5 Å². The molecule has 0 saturated carbocycles. The number of carbonyl (C=O) groups is 1. The highest BCUT2D eigenvalue weighted by atomic mass is 35.5. The number of hydrogen-bond acceptors (Lipinski definition) is 4. The maximum absolute atomic E-state index is 11.7. The van der Waals surface area contributed by atoms with Crippen LogP contribution < -0.4 is 14.8 Å². The van der Waals surface area contributed by atoms with Crippen molar-refractivity contribution in [1.82, 2.24) is 5.32 Å². The monoisotopic (exact) mass is 274 g/mol. The van der Waals surface area contributed by atoms with Crippen LogP contribution in [0.15, 0.2) is 0 Å². The van der Waals surface area contributed by atoms with Gasteiger partial charge in [0, 0.05) is 0 Å². The maximum Gasteiger partial charge on any atom is 0.259 e. The van der Waals surface area contributed by atoms with E-state index in [0.717, 1.165) is 0 Å². The Hall–Kier alpha value is -1.46. The van der Waals surface area contributed by atoms with E-state index < -0.39 is 5.91 Å². The van der Waals surface area contributed by atoms with Gasteiger partial charge in [0.2, 0.25) is 0 Å². The van der Waals surface area contributed by atoms with Gasteiger partial charge < -0.3 is 14.8 Å². The van der Waals surface area contributed by atoms with Crippen molar-refractivity contribution in [3.8, 4) is 11.5 Å². The van der Waals surface area contributed by atoms with Crippen LogP contribution in [0.2, 0.25) is 10.0 Å². The lowest BCUT2D eigenvalue weighted by Crippen LogP contribution is -2.20. The minimum absolute atomic E-state index is 0.0769. The first kappa shape index (κ1) is 12.0. The Morgan fingerprint density at radius 3 is 2.18 bits per heavy atom. The standard InChI is InChI=1S/C10H8Cl2N2O3/c1-16-7-4-3(10(15)14-9(4)13)5(11)8(17-2)6(7)12/h1-2H3,(H2,13,14,15). The smallest absolute Gasteiger partial charge is 0.259 e. The Morgan fingerprint density at radius 2 is 1.65 bits per heavy atom. The average molecular weight is 275 g/mol. The second-order valence-electron chi connectivity index (χ2n) is 3.27. The van der Waals surface area contributed by atoms with Crippen LogP contribution in [-0.4, -0.2) is 26.0 Å². The molecule has 1 amide bonds. The Labute approximate surface area is 107 Å². The molecule has 0 spiro atoms. The molecule has 0 atom stereocenters. The van der Waals surface area contributed by atoms with Crippen molar-refractivity contribution in [2.75, 3.05) is 14.2 Å². The van der Waals surface area contributed by atoms with Crippen LogP contribution in [-0.2, 0) is 0 Å². The molecule has 0 unspecified atom stereocenters. The minimum atomic E-state index is -0.469. The summed E-state index contributed by atoms with van der Waals surface area (Å²) in [5.74, 6) is -0.198. The van der Waals surface area contributed by atoms with Gasteiger partial charge in [-0.25, -0.2) is 0 Å². The first-order valence-corrected chi connectivity index (χ1v) is 5.31. The number of ether oxygens (including phenoxy) is 2. The summed E-state index contributed by atoms with van der Waals surface area (Å²) < 4.78 is 10.1. The van der Waals surface area contributed by atoms with Gasteiger partial charge in [0.15, 0.2) is 11.5 Å². The van der Waals surface area contributed by atoms with E-state index in [1.54, 1.807) is 0 Å². The molecular formula is C10H8Cl2N2O3. The zero-order valence-corrected chi connectivity index (χ0v) is 10.5. The number of fused-ring (bicyclic) bond motifs is 1. The highest BCUT2D eigenvalue weighted by Crippen LogP contribution is 2.46. The number of hydrogen-bond donors (Lipinski definition) is 2. The number of benzene rings is 1. The lowest BCUT2D eigenvalue weighted by molar-refractivity contribution is 0.0983. The van der Waals surface area contributed by atoms with Crippen LogP contribution in [0.4, 0.5) is 0 Å². The zero-order valence-electron chi connectivity index (χ0n) is 8.98. The van der Waals surface area contributed by atoms with Crippen LogP contribution in [0.3, 0.4) is 0 Å². The van der Waals surface area contributed by atoms with Gasteiger partial charge in [0.05, 0.1) is 30.4 Å². The Bertz CT molecular complexity index is 543. The molecule has 0 saturated heterocycles. The third kappa shape index (κ3) is 1.54. The second-order valence-corrected chi connectivity index (χ2v) is 4.03. The van der Waals surface area contributed by atoms with E-state index in [0.29, 0.717) is 0 Å². The van der Waals surface area contributed by atoms with Crippen molar-refractivity contribution in [3.63, 3.8) is 0 Å².